The largest absolute Gasteiger partial charge is 0.394 e. The van der Waals surface area contributed by atoms with Crippen LogP contribution in [0.1, 0.15) is 71.1 Å². The summed E-state index contributed by atoms with van der Waals surface area (Å²) in [6, 6.07) is -0.800. The molecule has 6 nitrogen and oxygen atoms in total. The van der Waals surface area contributed by atoms with E-state index in [0.29, 0.717) is 6.61 Å². The van der Waals surface area contributed by atoms with Gasteiger partial charge < -0.3 is 30.5 Å². The van der Waals surface area contributed by atoms with Gasteiger partial charge >= 0.3 is 0 Å². The van der Waals surface area contributed by atoms with E-state index in [1.54, 1.807) is 0 Å². The number of rotatable bonds is 13. The number of unbranched alkanes of at least 4 members (excludes halogenated alkanes) is 9. The average Bonchev–Trinajstić information content (AvgIpc) is 2.59. The molecule has 144 valence electrons. The highest BCUT2D eigenvalue weighted by Gasteiger charge is 2.42. The Labute approximate surface area is 146 Å². The Morgan fingerprint density at radius 3 is 1.96 bits per heavy atom. The molecule has 24 heavy (non-hydrogen) atoms. The number of aliphatic hydroxyl groups is 3. The Hall–Kier alpha value is -0.240. The van der Waals surface area contributed by atoms with Crippen LogP contribution in [0.25, 0.3) is 0 Å². The SMILES string of the molecule is CCCCCCCCCCCCOC1O[C@H](CO)[C@@H](O)[C@H](O)[C@H]1N. The van der Waals surface area contributed by atoms with Crippen molar-refractivity contribution in [2.75, 3.05) is 13.2 Å². The lowest BCUT2D eigenvalue weighted by atomic mass is 9.98. The fourth-order valence-corrected chi connectivity index (χ4v) is 3.04. The molecule has 0 saturated carbocycles. The van der Waals surface area contributed by atoms with Gasteiger partial charge in [0.05, 0.1) is 12.6 Å². The van der Waals surface area contributed by atoms with Crippen molar-refractivity contribution in [1.82, 2.24) is 0 Å². The van der Waals surface area contributed by atoms with E-state index in [0.717, 1.165) is 12.8 Å². The van der Waals surface area contributed by atoms with Crippen molar-refractivity contribution in [2.45, 2.75) is 102 Å². The van der Waals surface area contributed by atoms with Gasteiger partial charge in [0.25, 0.3) is 0 Å². The van der Waals surface area contributed by atoms with E-state index in [-0.39, 0.29) is 6.61 Å². The normalized spacial score (nSPS) is 30.6. The molecule has 0 radical (unpaired) electrons. The van der Waals surface area contributed by atoms with E-state index in [4.69, 9.17) is 20.3 Å². The first-order valence-corrected chi connectivity index (χ1v) is 9.61. The summed E-state index contributed by atoms with van der Waals surface area (Å²) in [6.07, 6.45) is 8.56. The third-order valence-electron chi connectivity index (χ3n) is 4.71. The summed E-state index contributed by atoms with van der Waals surface area (Å²) in [6.45, 7) is 2.37. The van der Waals surface area contributed by atoms with Crippen LogP contribution in [0.4, 0.5) is 0 Å². The Bertz CT molecular complexity index is 303. The molecule has 1 heterocycles. The van der Waals surface area contributed by atoms with Crippen LogP contribution in [0, 0.1) is 0 Å². The highest BCUT2D eigenvalue weighted by molar-refractivity contribution is 4.91. The quantitative estimate of drug-likeness (QED) is 0.378. The van der Waals surface area contributed by atoms with Gasteiger partial charge in [-0.25, -0.2) is 0 Å². The van der Waals surface area contributed by atoms with Crippen molar-refractivity contribution in [3.05, 3.63) is 0 Å². The Morgan fingerprint density at radius 1 is 0.875 bits per heavy atom. The summed E-state index contributed by atoms with van der Waals surface area (Å²) in [5.74, 6) is 0. The molecule has 0 spiro atoms. The van der Waals surface area contributed by atoms with Crippen LogP contribution < -0.4 is 5.73 Å². The molecule has 6 heteroatoms. The molecule has 1 aliphatic rings. The smallest absolute Gasteiger partial charge is 0.175 e. The van der Waals surface area contributed by atoms with Gasteiger partial charge in [0.2, 0.25) is 0 Å². The molecule has 5 N–H and O–H groups in total. The van der Waals surface area contributed by atoms with Crippen molar-refractivity contribution >= 4 is 0 Å². The molecule has 1 saturated heterocycles. The van der Waals surface area contributed by atoms with Crippen LogP contribution in [-0.2, 0) is 9.47 Å². The Kier molecular flexibility index (Phi) is 11.8. The standard InChI is InChI=1S/C18H37NO5/c1-2-3-4-5-6-7-8-9-10-11-12-23-18-15(19)17(22)16(21)14(13-20)24-18/h14-18,20-22H,2-13,19H2,1H3/t14-,15-,16-,17-,18?/m1/s1. The fraction of sp³-hybridized carbons (Fsp3) is 1.00. The summed E-state index contributed by atoms with van der Waals surface area (Å²) in [7, 11) is 0. The third-order valence-corrected chi connectivity index (χ3v) is 4.71. The zero-order valence-corrected chi connectivity index (χ0v) is 15.1. The molecule has 1 unspecified atom stereocenters. The van der Waals surface area contributed by atoms with E-state index >= 15 is 0 Å². The van der Waals surface area contributed by atoms with Gasteiger partial charge in [-0.2, -0.15) is 0 Å². The number of aliphatic hydroxyl groups excluding tert-OH is 3. The van der Waals surface area contributed by atoms with Crippen LogP contribution in [0.15, 0.2) is 0 Å². The molecule has 0 aromatic rings. The first kappa shape index (κ1) is 21.8. The summed E-state index contributed by atoms with van der Waals surface area (Å²) in [4.78, 5) is 0. The van der Waals surface area contributed by atoms with E-state index in [1.807, 2.05) is 0 Å². The van der Waals surface area contributed by atoms with Crippen LogP contribution in [0.2, 0.25) is 0 Å². The molecule has 1 rings (SSSR count). The lowest BCUT2D eigenvalue weighted by Gasteiger charge is -2.40. The molecule has 1 aliphatic heterocycles. The number of hydrogen-bond acceptors (Lipinski definition) is 6. The summed E-state index contributed by atoms with van der Waals surface area (Å²) >= 11 is 0. The minimum atomic E-state index is -1.18. The lowest BCUT2D eigenvalue weighted by Crippen LogP contribution is -2.62. The van der Waals surface area contributed by atoms with Gasteiger partial charge in [0, 0.05) is 6.61 Å². The second kappa shape index (κ2) is 13.0. The average molecular weight is 347 g/mol. The highest BCUT2D eigenvalue weighted by atomic mass is 16.7. The Morgan fingerprint density at radius 2 is 1.42 bits per heavy atom. The Balaban J connectivity index is 2.02. The molecule has 5 atom stereocenters. The van der Waals surface area contributed by atoms with Gasteiger partial charge in [0.15, 0.2) is 6.29 Å². The van der Waals surface area contributed by atoms with Gasteiger partial charge in [-0.15, -0.1) is 0 Å². The maximum absolute atomic E-state index is 9.85. The fourth-order valence-electron chi connectivity index (χ4n) is 3.04. The van der Waals surface area contributed by atoms with Crippen molar-refractivity contribution in [3.63, 3.8) is 0 Å². The zero-order valence-electron chi connectivity index (χ0n) is 15.1. The van der Waals surface area contributed by atoms with Crippen molar-refractivity contribution in [2.24, 2.45) is 5.73 Å². The summed E-state index contributed by atoms with van der Waals surface area (Å²) in [5, 5.41) is 28.7. The second-order valence-electron chi connectivity index (χ2n) is 6.84. The maximum Gasteiger partial charge on any atom is 0.175 e. The van der Waals surface area contributed by atoms with Gasteiger partial charge in [-0.05, 0) is 6.42 Å². The van der Waals surface area contributed by atoms with Gasteiger partial charge in [-0.1, -0.05) is 64.7 Å². The first-order valence-electron chi connectivity index (χ1n) is 9.61. The van der Waals surface area contributed by atoms with Crippen molar-refractivity contribution in [1.29, 1.82) is 0 Å². The minimum Gasteiger partial charge on any atom is -0.394 e. The van der Waals surface area contributed by atoms with Crippen LogP contribution in [0.3, 0.4) is 0 Å². The first-order chi connectivity index (χ1) is 11.6. The van der Waals surface area contributed by atoms with Gasteiger partial charge in [0.1, 0.15) is 18.3 Å². The lowest BCUT2D eigenvalue weighted by molar-refractivity contribution is -0.265. The number of nitrogens with two attached hydrogens (primary N) is 1. The molecule has 0 bridgehead atoms. The van der Waals surface area contributed by atoms with E-state index in [2.05, 4.69) is 6.92 Å². The second-order valence-corrected chi connectivity index (χ2v) is 6.84. The highest BCUT2D eigenvalue weighted by Crippen LogP contribution is 2.21. The molecule has 0 aromatic heterocycles. The molecule has 0 aromatic carbocycles. The van der Waals surface area contributed by atoms with E-state index < -0.39 is 30.6 Å². The summed E-state index contributed by atoms with van der Waals surface area (Å²) < 4.78 is 11.0. The molecule has 1 fully saturated rings. The van der Waals surface area contributed by atoms with Crippen molar-refractivity contribution < 1.29 is 24.8 Å². The van der Waals surface area contributed by atoms with Crippen molar-refractivity contribution in [3.8, 4) is 0 Å². The predicted octanol–water partition coefficient (Wildman–Crippen LogP) is 1.69. The maximum atomic E-state index is 9.85. The topological polar surface area (TPSA) is 105 Å². The number of hydrogen-bond donors (Lipinski definition) is 4. The molecule has 0 amide bonds. The zero-order chi connectivity index (χ0) is 17.8. The van der Waals surface area contributed by atoms with E-state index in [1.165, 1.54) is 51.4 Å². The van der Waals surface area contributed by atoms with E-state index in [9.17, 15) is 10.2 Å². The predicted molar refractivity (Wildman–Crippen MR) is 93.5 cm³/mol. The van der Waals surface area contributed by atoms with Crippen LogP contribution >= 0.6 is 0 Å². The minimum absolute atomic E-state index is 0.372. The molecule has 0 aliphatic carbocycles. The number of ether oxygens (including phenoxy) is 2. The van der Waals surface area contributed by atoms with Gasteiger partial charge in [-0.3, -0.25) is 0 Å². The van der Waals surface area contributed by atoms with Crippen LogP contribution in [-0.4, -0.2) is 59.2 Å². The monoisotopic (exact) mass is 347 g/mol. The summed E-state index contributed by atoms with van der Waals surface area (Å²) in [5.41, 5.74) is 5.82. The third kappa shape index (κ3) is 7.76. The van der Waals surface area contributed by atoms with Crippen LogP contribution in [0.5, 0.6) is 0 Å². The molecular weight excluding hydrogens is 310 g/mol. The molecular formula is C18H37NO5.